The van der Waals surface area contributed by atoms with E-state index in [1.165, 1.54) is 18.2 Å². The molecule has 0 aromatic heterocycles. The van der Waals surface area contributed by atoms with Crippen LogP contribution in [0.1, 0.15) is 6.42 Å². The second kappa shape index (κ2) is 6.17. The van der Waals surface area contributed by atoms with Crippen LogP contribution in [-0.4, -0.2) is 24.4 Å². The third kappa shape index (κ3) is 4.01. The van der Waals surface area contributed by atoms with Crippen LogP contribution in [0.15, 0.2) is 18.2 Å². The fraction of sp³-hybridized carbons (Fsp3) is 0.300. The number of anilines is 1. The molecule has 0 fully saturated rings. The molecular formula is C10H12ClN3O3. The Balaban J connectivity index is 2.75. The van der Waals surface area contributed by atoms with Gasteiger partial charge in [-0.1, -0.05) is 11.6 Å². The summed E-state index contributed by atoms with van der Waals surface area (Å²) in [6.45, 7) is 0.543. The summed E-state index contributed by atoms with van der Waals surface area (Å²) in [5.74, 6) is -0.212. The van der Waals surface area contributed by atoms with Gasteiger partial charge in [0.1, 0.15) is 5.02 Å². The van der Waals surface area contributed by atoms with Crippen LogP contribution in [0.2, 0.25) is 5.02 Å². The number of benzene rings is 1. The van der Waals surface area contributed by atoms with E-state index in [2.05, 4.69) is 10.6 Å². The predicted molar refractivity (Wildman–Crippen MR) is 65.3 cm³/mol. The lowest BCUT2D eigenvalue weighted by Gasteiger charge is -2.05. The van der Waals surface area contributed by atoms with Gasteiger partial charge in [0, 0.05) is 24.7 Å². The molecule has 92 valence electrons. The van der Waals surface area contributed by atoms with Crippen LogP contribution >= 0.6 is 11.6 Å². The van der Waals surface area contributed by atoms with Gasteiger partial charge in [0.15, 0.2) is 0 Å². The van der Waals surface area contributed by atoms with Crippen LogP contribution in [0.4, 0.5) is 11.4 Å². The lowest BCUT2D eigenvalue weighted by Crippen LogP contribution is -2.18. The summed E-state index contributed by atoms with van der Waals surface area (Å²) < 4.78 is 0. The van der Waals surface area contributed by atoms with Crippen LogP contribution in [0.25, 0.3) is 0 Å². The SMILES string of the molecule is CNCCC(=O)Nc1ccc(Cl)c([N+](=O)[O-])c1. The van der Waals surface area contributed by atoms with E-state index in [-0.39, 0.29) is 16.6 Å². The van der Waals surface area contributed by atoms with Gasteiger partial charge in [-0.3, -0.25) is 14.9 Å². The standard InChI is InChI=1S/C10H12ClN3O3/c1-12-5-4-10(15)13-7-2-3-8(11)9(6-7)14(16)17/h2-3,6,12H,4-5H2,1H3,(H,13,15). The molecule has 0 aliphatic rings. The second-order valence-corrected chi connectivity index (χ2v) is 3.73. The van der Waals surface area contributed by atoms with E-state index in [9.17, 15) is 14.9 Å². The number of carbonyl (C=O) groups is 1. The highest BCUT2D eigenvalue weighted by atomic mass is 35.5. The van der Waals surface area contributed by atoms with Crippen molar-refractivity contribution in [3.05, 3.63) is 33.3 Å². The Morgan fingerprint density at radius 1 is 1.53 bits per heavy atom. The van der Waals surface area contributed by atoms with Gasteiger partial charge in [0.25, 0.3) is 5.69 Å². The van der Waals surface area contributed by atoms with Gasteiger partial charge in [-0.15, -0.1) is 0 Å². The van der Waals surface area contributed by atoms with Crippen LogP contribution in [-0.2, 0) is 4.79 Å². The van der Waals surface area contributed by atoms with Crippen molar-refractivity contribution < 1.29 is 9.72 Å². The number of nitrogens with one attached hydrogen (secondary N) is 2. The Kier molecular flexibility index (Phi) is 4.86. The number of carbonyl (C=O) groups excluding carboxylic acids is 1. The van der Waals surface area contributed by atoms with Gasteiger partial charge in [0.2, 0.25) is 5.91 Å². The molecule has 6 nitrogen and oxygen atoms in total. The second-order valence-electron chi connectivity index (χ2n) is 3.33. The zero-order valence-electron chi connectivity index (χ0n) is 9.20. The molecule has 1 amide bonds. The van der Waals surface area contributed by atoms with Crippen LogP contribution < -0.4 is 10.6 Å². The molecule has 0 radical (unpaired) electrons. The number of nitro groups is 1. The predicted octanol–water partition coefficient (Wildman–Crippen LogP) is 1.80. The minimum absolute atomic E-state index is 0.0447. The maximum absolute atomic E-state index is 11.4. The maximum Gasteiger partial charge on any atom is 0.289 e. The average Bonchev–Trinajstić information content (AvgIpc) is 2.28. The molecule has 0 saturated heterocycles. The molecule has 1 aromatic carbocycles. The Morgan fingerprint density at radius 3 is 2.82 bits per heavy atom. The third-order valence-electron chi connectivity index (χ3n) is 2.03. The van der Waals surface area contributed by atoms with Gasteiger partial charge in [-0.25, -0.2) is 0 Å². The quantitative estimate of drug-likeness (QED) is 0.622. The van der Waals surface area contributed by atoms with Crippen molar-refractivity contribution in [2.24, 2.45) is 0 Å². The summed E-state index contributed by atoms with van der Waals surface area (Å²) in [7, 11) is 1.74. The molecule has 1 aromatic rings. The molecule has 0 aliphatic heterocycles. The van der Waals surface area contributed by atoms with E-state index in [4.69, 9.17) is 11.6 Å². The summed E-state index contributed by atoms with van der Waals surface area (Å²) in [5.41, 5.74) is 0.139. The van der Waals surface area contributed by atoms with Gasteiger partial charge < -0.3 is 10.6 Å². The molecule has 0 atom stereocenters. The molecule has 0 bridgehead atoms. The molecule has 0 unspecified atom stereocenters. The average molecular weight is 258 g/mol. The van der Waals surface area contributed by atoms with E-state index >= 15 is 0 Å². The molecule has 0 heterocycles. The van der Waals surface area contributed by atoms with Gasteiger partial charge in [-0.05, 0) is 19.2 Å². The van der Waals surface area contributed by atoms with Gasteiger partial charge >= 0.3 is 0 Å². The van der Waals surface area contributed by atoms with Gasteiger partial charge in [-0.2, -0.15) is 0 Å². The summed E-state index contributed by atoms with van der Waals surface area (Å²) in [5, 5.41) is 16.1. The number of amides is 1. The summed E-state index contributed by atoms with van der Waals surface area (Å²) in [6.07, 6.45) is 0.299. The Labute approximate surface area is 103 Å². The van der Waals surface area contributed by atoms with Crippen LogP contribution in [0.5, 0.6) is 0 Å². The number of hydrogen-bond donors (Lipinski definition) is 2. The lowest BCUT2D eigenvalue weighted by molar-refractivity contribution is -0.384. The molecule has 2 N–H and O–H groups in total. The Hall–Kier alpha value is -1.66. The lowest BCUT2D eigenvalue weighted by atomic mass is 10.2. The summed E-state index contributed by atoms with van der Waals surface area (Å²) >= 11 is 5.65. The first-order valence-corrected chi connectivity index (χ1v) is 5.30. The number of nitrogens with zero attached hydrogens (tertiary/aromatic N) is 1. The zero-order chi connectivity index (χ0) is 12.8. The van der Waals surface area contributed by atoms with E-state index in [1.54, 1.807) is 7.05 Å². The van der Waals surface area contributed by atoms with Crippen molar-refractivity contribution in [3.8, 4) is 0 Å². The van der Waals surface area contributed by atoms with E-state index < -0.39 is 4.92 Å². The maximum atomic E-state index is 11.4. The van der Waals surface area contributed by atoms with E-state index in [1.807, 2.05) is 0 Å². The monoisotopic (exact) mass is 257 g/mol. The molecule has 17 heavy (non-hydrogen) atoms. The minimum atomic E-state index is -0.592. The highest BCUT2D eigenvalue weighted by Crippen LogP contribution is 2.27. The van der Waals surface area contributed by atoms with Crippen molar-refractivity contribution in [2.75, 3.05) is 18.9 Å². The Bertz CT molecular complexity index is 437. The fourth-order valence-electron chi connectivity index (χ4n) is 1.19. The topological polar surface area (TPSA) is 84.3 Å². The summed E-state index contributed by atoms with van der Waals surface area (Å²) in [6, 6.07) is 4.14. The smallest absolute Gasteiger partial charge is 0.289 e. The van der Waals surface area contributed by atoms with Gasteiger partial charge in [0.05, 0.1) is 4.92 Å². The number of nitro benzene ring substituents is 1. The highest BCUT2D eigenvalue weighted by Gasteiger charge is 2.13. The summed E-state index contributed by atoms with van der Waals surface area (Å²) in [4.78, 5) is 21.4. The molecule has 0 spiro atoms. The third-order valence-corrected chi connectivity index (χ3v) is 2.35. The number of hydrogen-bond acceptors (Lipinski definition) is 4. The molecule has 1 rings (SSSR count). The first kappa shape index (κ1) is 13.4. The first-order valence-electron chi connectivity index (χ1n) is 4.93. The highest BCUT2D eigenvalue weighted by molar-refractivity contribution is 6.32. The minimum Gasteiger partial charge on any atom is -0.326 e. The van der Waals surface area contributed by atoms with Crippen molar-refractivity contribution in [1.29, 1.82) is 0 Å². The normalized spacial score (nSPS) is 10.0. The molecule has 7 heteroatoms. The number of rotatable bonds is 5. The van der Waals surface area contributed by atoms with Crippen LogP contribution in [0, 0.1) is 10.1 Å². The van der Waals surface area contributed by atoms with Crippen molar-refractivity contribution in [2.45, 2.75) is 6.42 Å². The Morgan fingerprint density at radius 2 is 2.24 bits per heavy atom. The van der Waals surface area contributed by atoms with Crippen molar-refractivity contribution in [3.63, 3.8) is 0 Å². The largest absolute Gasteiger partial charge is 0.326 e. The molecule has 0 saturated carbocycles. The first-order chi connectivity index (χ1) is 8.04. The number of halogens is 1. The van der Waals surface area contributed by atoms with Crippen molar-refractivity contribution in [1.82, 2.24) is 5.32 Å². The van der Waals surface area contributed by atoms with Crippen molar-refractivity contribution >= 4 is 28.9 Å². The molecule has 0 aliphatic carbocycles. The fourth-order valence-corrected chi connectivity index (χ4v) is 1.38. The zero-order valence-corrected chi connectivity index (χ0v) is 9.95. The van der Waals surface area contributed by atoms with E-state index in [0.717, 1.165) is 0 Å². The van der Waals surface area contributed by atoms with E-state index in [0.29, 0.717) is 18.7 Å². The molecular weight excluding hydrogens is 246 g/mol. The van der Waals surface area contributed by atoms with Crippen LogP contribution in [0.3, 0.4) is 0 Å².